The number of aromatic nitrogens is 1. The number of hydrogen-bond donors (Lipinski definition) is 0. The van der Waals surface area contributed by atoms with Crippen molar-refractivity contribution in [1.29, 1.82) is 0 Å². The second-order valence-corrected chi connectivity index (χ2v) is 5.64. The third kappa shape index (κ3) is 3.13. The van der Waals surface area contributed by atoms with Gasteiger partial charge in [-0.15, -0.1) is 0 Å². The molecule has 0 aliphatic carbocycles. The van der Waals surface area contributed by atoms with E-state index >= 15 is 0 Å². The largest absolute Gasteiger partial charge is 0.312 e. The van der Waals surface area contributed by atoms with Gasteiger partial charge in [-0.2, -0.15) is 0 Å². The van der Waals surface area contributed by atoms with Crippen LogP contribution in [0.5, 0.6) is 0 Å². The molecule has 21 heavy (non-hydrogen) atoms. The minimum atomic E-state index is 0.218. The minimum Gasteiger partial charge on any atom is -0.312 e. The number of carbonyl (C=O) groups excluding carboxylic acids is 1. The fraction of sp³-hybridized carbons (Fsp3) is 0.333. The SMILES string of the molecule is Cc1cc[n+](CCC(=O)N2CCCc3ccccc32)cc1. The Kier molecular flexibility index (Phi) is 4.00. The first kappa shape index (κ1) is 13.8. The lowest BCUT2D eigenvalue weighted by molar-refractivity contribution is -0.695. The van der Waals surface area contributed by atoms with Crippen LogP contribution in [0.15, 0.2) is 48.8 Å². The molecule has 0 N–H and O–H groups in total. The van der Waals surface area contributed by atoms with Gasteiger partial charge in [-0.05, 0) is 37.0 Å². The number of carbonyl (C=O) groups is 1. The number of benzene rings is 1. The summed E-state index contributed by atoms with van der Waals surface area (Å²) in [6.07, 6.45) is 6.74. The highest BCUT2D eigenvalue weighted by atomic mass is 16.2. The molecule has 3 heteroatoms. The van der Waals surface area contributed by atoms with Gasteiger partial charge in [-0.25, -0.2) is 4.57 Å². The molecule has 0 bridgehead atoms. The molecule has 1 aliphatic heterocycles. The first-order valence-electron chi connectivity index (χ1n) is 7.58. The minimum absolute atomic E-state index is 0.218. The summed E-state index contributed by atoms with van der Waals surface area (Å²) < 4.78 is 2.07. The lowest BCUT2D eigenvalue weighted by atomic mass is 10.0. The third-order valence-electron chi connectivity index (χ3n) is 4.05. The Morgan fingerprint density at radius 3 is 2.76 bits per heavy atom. The second kappa shape index (κ2) is 6.08. The van der Waals surface area contributed by atoms with E-state index in [1.807, 2.05) is 23.4 Å². The number of nitrogens with zero attached hydrogens (tertiary/aromatic N) is 2. The lowest BCUT2D eigenvalue weighted by Crippen LogP contribution is -2.40. The van der Waals surface area contributed by atoms with Gasteiger partial charge in [0.15, 0.2) is 18.9 Å². The monoisotopic (exact) mass is 281 g/mol. The second-order valence-electron chi connectivity index (χ2n) is 5.64. The number of aryl methyl sites for hydroxylation is 3. The number of pyridine rings is 1. The van der Waals surface area contributed by atoms with Gasteiger partial charge in [-0.1, -0.05) is 18.2 Å². The average molecular weight is 281 g/mol. The molecule has 0 saturated heterocycles. The van der Waals surface area contributed by atoms with Crippen molar-refractivity contribution in [2.45, 2.75) is 32.7 Å². The van der Waals surface area contributed by atoms with Gasteiger partial charge >= 0.3 is 0 Å². The fourth-order valence-corrected chi connectivity index (χ4v) is 2.83. The summed E-state index contributed by atoms with van der Waals surface area (Å²) in [7, 11) is 0. The molecular formula is C18H21N2O+. The molecule has 1 aromatic heterocycles. The molecule has 0 unspecified atom stereocenters. The Hall–Kier alpha value is -2.16. The zero-order chi connectivity index (χ0) is 14.7. The van der Waals surface area contributed by atoms with E-state index in [0.29, 0.717) is 6.42 Å². The fourth-order valence-electron chi connectivity index (χ4n) is 2.83. The Morgan fingerprint density at radius 2 is 1.95 bits per heavy atom. The quantitative estimate of drug-likeness (QED) is 0.794. The summed E-state index contributed by atoms with van der Waals surface area (Å²) in [4.78, 5) is 14.5. The number of anilines is 1. The van der Waals surface area contributed by atoms with E-state index in [2.05, 4.69) is 41.8 Å². The topological polar surface area (TPSA) is 24.2 Å². The molecule has 1 amide bonds. The van der Waals surface area contributed by atoms with Crippen LogP contribution in [0.3, 0.4) is 0 Å². The van der Waals surface area contributed by atoms with E-state index in [4.69, 9.17) is 0 Å². The van der Waals surface area contributed by atoms with Crippen molar-refractivity contribution in [3.8, 4) is 0 Å². The smallest absolute Gasteiger partial charge is 0.233 e. The summed E-state index contributed by atoms with van der Waals surface area (Å²) in [5.41, 5.74) is 3.63. The van der Waals surface area contributed by atoms with E-state index in [1.54, 1.807) is 0 Å². The first-order chi connectivity index (χ1) is 10.2. The van der Waals surface area contributed by atoms with Gasteiger partial charge in [-0.3, -0.25) is 4.79 Å². The highest BCUT2D eigenvalue weighted by molar-refractivity contribution is 5.94. The normalized spacial score (nSPS) is 13.9. The number of rotatable bonds is 3. The van der Waals surface area contributed by atoms with E-state index in [-0.39, 0.29) is 5.91 Å². The Morgan fingerprint density at radius 1 is 1.19 bits per heavy atom. The number of amides is 1. The lowest BCUT2D eigenvalue weighted by Gasteiger charge is -2.29. The van der Waals surface area contributed by atoms with E-state index in [9.17, 15) is 4.79 Å². The summed E-state index contributed by atoms with van der Waals surface area (Å²) in [5, 5.41) is 0. The maximum absolute atomic E-state index is 12.5. The first-order valence-corrected chi connectivity index (χ1v) is 7.58. The summed E-state index contributed by atoms with van der Waals surface area (Å²) in [6.45, 7) is 3.65. The summed E-state index contributed by atoms with van der Waals surface area (Å²) in [5.74, 6) is 0.218. The predicted molar refractivity (Wildman–Crippen MR) is 83.1 cm³/mol. The van der Waals surface area contributed by atoms with Crippen LogP contribution >= 0.6 is 0 Å². The van der Waals surface area contributed by atoms with Gasteiger partial charge in [0.25, 0.3) is 0 Å². The highest BCUT2D eigenvalue weighted by Crippen LogP contribution is 2.27. The molecule has 0 radical (unpaired) electrons. The van der Waals surface area contributed by atoms with Gasteiger partial charge in [0.2, 0.25) is 5.91 Å². The third-order valence-corrected chi connectivity index (χ3v) is 4.05. The predicted octanol–water partition coefficient (Wildman–Crippen LogP) is 2.65. The molecule has 0 spiro atoms. The molecule has 3 nitrogen and oxygen atoms in total. The zero-order valence-corrected chi connectivity index (χ0v) is 12.5. The van der Waals surface area contributed by atoms with Crippen molar-refractivity contribution in [2.24, 2.45) is 0 Å². The van der Waals surface area contributed by atoms with Crippen LogP contribution in [0.2, 0.25) is 0 Å². The Bertz CT molecular complexity index is 634. The van der Waals surface area contributed by atoms with Crippen molar-refractivity contribution >= 4 is 11.6 Å². The molecule has 0 saturated carbocycles. The van der Waals surface area contributed by atoms with E-state index < -0.39 is 0 Å². The molecular weight excluding hydrogens is 260 g/mol. The average Bonchev–Trinajstić information content (AvgIpc) is 2.53. The summed E-state index contributed by atoms with van der Waals surface area (Å²) in [6, 6.07) is 12.4. The van der Waals surface area contributed by atoms with Crippen molar-refractivity contribution in [3.63, 3.8) is 0 Å². The summed E-state index contributed by atoms with van der Waals surface area (Å²) >= 11 is 0. The standard InChI is InChI=1S/C18H21N2O/c1-15-8-12-19(13-9-15)14-10-18(21)20-11-4-6-16-5-2-3-7-17(16)20/h2-3,5,7-9,12-13H,4,6,10-11,14H2,1H3/q+1. The van der Waals surface area contributed by atoms with Gasteiger partial charge in [0.05, 0.1) is 6.42 Å². The van der Waals surface area contributed by atoms with E-state index in [1.165, 1.54) is 11.1 Å². The number of para-hydroxylation sites is 1. The van der Waals surface area contributed by atoms with Crippen molar-refractivity contribution < 1.29 is 9.36 Å². The maximum atomic E-state index is 12.5. The van der Waals surface area contributed by atoms with Crippen LogP contribution < -0.4 is 9.47 Å². The van der Waals surface area contributed by atoms with Gasteiger partial charge in [0, 0.05) is 24.4 Å². The molecule has 0 fully saturated rings. The van der Waals surface area contributed by atoms with E-state index in [0.717, 1.165) is 31.6 Å². The molecule has 2 aromatic rings. The molecule has 3 rings (SSSR count). The highest BCUT2D eigenvalue weighted by Gasteiger charge is 2.22. The zero-order valence-electron chi connectivity index (χ0n) is 12.5. The molecule has 0 atom stereocenters. The number of fused-ring (bicyclic) bond motifs is 1. The van der Waals surface area contributed by atoms with Crippen LogP contribution in [0, 0.1) is 6.92 Å². The van der Waals surface area contributed by atoms with Gasteiger partial charge in [0.1, 0.15) is 0 Å². The molecule has 2 heterocycles. The van der Waals surface area contributed by atoms with Crippen LogP contribution in [-0.4, -0.2) is 12.5 Å². The van der Waals surface area contributed by atoms with Crippen molar-refractivity contribution in [1.82, 2.24) is 0 Å². The number of hydrogen-bond acceptors (Lipinski definition) is 1. The van der Waals surface area contributed by atoms with Gasteiger partial charge < -0.3 is 4.90 Å². The molecule has 108 valence electrons. The van der Waals surface area contributed by atoms with Crippen molar-refractivity contribution in [2.75, 3.05) is 11.4 Å². The Balaban J connectivity index is 1.68. The molecule has 1 aromatic carbocycles. The maximum Gasteiger partial charge on any atom is 0.233 e. The van der Waals surface area contributed by atoms with Crippen LogP contribution in [0.4, 0.5) is 5.69 Å². The van der Waals surface area contributed by atoms with Crippen LogP contribution in [-0.2, 0) is 17.8 Å². The van der Waals surface area contributed by atoms with Crippen LogP contribution in [0.1, 0.15) is 24.0 Å². The van der Waals surface area contributed by atoms with Crippen molar-refractivity contribution in [3.05, 3.63) is 59.9 Å². The molecule has 1 aliphatic rings. The Labute approximate surface area is 125 Å². The van der Waals surface area contributed by atoms with Crippen LogP contribution in [0.25, 0.3) is 0 Å².